The van der Waals surface area contributed by atoms with Crippen LogP contribution < -0.4 is 9.44 Å². The van der Waals surface area contributed by atoms with Gasteiger partial charge in [0.15, 0.2) is 0 Å². The van der Waals surface area contributed by atoms with E-state index < -0.39 is 35.2 Å². The summed E-state index contributed by atoms with van der Waals surface area (Å²) >= 11 is 0. The lowest BCUT2D eigenvalue weighted by Crippen LogP contribution is -2.30. The van der Waals surface area contributed by atoms with Crippen molar-refractivity contribution < 1.29 is 21.2 Å². The van der Waals surface area contributed by atoms with Crippen molar-refractivity contribution in [3.63, 3.8) is 0 Å². The van der Waals surface area contributed by atoms with E-state index in [0.29, 0.717) is 16.4 Å². The van der Waals surface area contributed by atoms with Crippen LogP contribution in [0, 0.1) is 11.9 Å². The summed E-state index contributed by atoms with van der Waals surface area (Å²) in [7, 11) is -7.67. The Kier molecular flexibility index (Phi) is 14.3. The third-order valence-electron chi connectivity index (χ3n) is 5.63. The maximum Gasteiger partial charge on any atom is 0.240 e. The van der Waals surface area contributed by atoms with Gasteiger partial charge in [-0.25, -0.2) is 36.7 Å². The Bertz CT molecular complexity index is 1840. The quantitative estimate of drug-likeness (QED) is 0.180. The minimum atomic E-state index is -3.50. The second-order valence-corrected chi connectivity index (χ2v) is 18.2. The molecule has 2 unspecified atom stereocenters. The fourth-order valence-electron chi connectivity index (χ4n) is 4.10. The van der Waals surface area contributed by atoms with Gasteiger partial charge in [-0.1, -0.05) is 26.0 Å². The molecule has 0 aliphatic heterocycles. The monoisotopic (exact) mass is 692 g/mol. The molecule has 0 fully saturated rings. The molecule has 0 radical (unpaired) electrons. The van der Waals surface area contributed by atoms with Crippen molar-refractivity contribution in [2.45, 2.75) is 63.4 Å². The van der Waals surface area contributed by atoms with Gasteiger partial charge in [-0.2, -0.15) is 9.49 Å². The Morgan fingerprint density at radius 2 is 1.37 bits per heavy atom. The van der Waals surface area contributed by atoms with Crippen molar-refractivity contribution in [3.8, 4) is 16.8 Å². The van der Waals surface area contributed by atoms with Crippen LogP contribution in [0.25, 0.3) is 16.8 Å². The lowest BCUT2D eigenvalue weighted by molar-refractivity contribution is 0.569. The molecular weight excluding hydrogens is 648 g/mol. The third-order valence-corrected chi connectivity index (χ3v) is 10.6. The Hall–Kier alpha value is -3.43. The number of aromatic nitrogens is 4. The fraction of sp³-hybridized carbons (Fsp3) is 0.344. The first kappa shape index (κ1) is 38.8. The minimum Gasteiger partial charge on any atom is -0.268 e. The van der Waals surface area contributed by atoms with E-state index in [4.69, 9.17) is 0 Å². The van der Waals surface area contributed by atoms with E-state index in [-0.39, 0.29) is 17.0 Å². The van der Waals surface area contributed by atoms with Gasteiger partial charge < -0.3 is 0 Å². The third kappa shape index (κ3) is 13.5. The number of hydrogen-bond donors (Lipinski definition) is 2. The molecule has 0 aliphatic carbocycles. The van der Waals surface area contributed by atoms with Gasteiger partial charge in [-0.3, -0.25) is 4.21 Å². The normalized spacial score (nSPS) is 14.1. The number of nitrogens with zero attached hydrogens (tertiary/aromatic N) is 4. The van der Waals surface area contributed by atoms with Crippen LogP contribution in [0.3, 0.4) is 0 Å². The number of nitrogens with one attached hydrogen (secondary N) is 2. The van der Waals surface area contributed by atoms with E-state index >= 15 is 0 Å². The highest BCUT2D eigenvalue weighted by molar-refractivity contribution is 7.99. The number of halogens is 1. The highest BCUT2D eigenvalue weighted by Crippen LogP contribution is 2.21. The molecule has 14 heteroatoms. The zero-order chi connectivity index (χ0) is 34.7. The standard InChI is InChI=1S/C14H15FN2O2S.C12H16N4OS.C6H14OS/c1-10(2)17-20(18,19)13-5-3-11(4-6-13)12-7-8-16-14(15)9-12;1-10(2)15-18(3,17)12-6-4-11(5-7-12)16-9-13-8-14-16;1-6(2)5-8(3,4)7/h3-10,17H,1-2H3;4-10H,3H2,1-2H3,(H,15,17);6H,3,5H2,1-2,4H3. The summed E-state index contributed by atoms with van der Waals surface area (Å²) < 4.78 is 67.3. The molecule has 0 saturated carbocycles. The molecule has 46 heavy (non-hydrogen) atoms. The minimum absolute atomic E-state index is 0.116. The smallest absolute Gasteiger partial charge is 0.240 e. The number of hydrogen-bond acceptors (Lipinski definition) is 7. The average Bonchev–Trinajstić information content (AvgIpc) is 3.47. The van der Waals surface area contributed by atoms with Crippen LogP contribution in [0.1, 0.15) is 41.5 Å². The predicted octanol–water partition coefficient (Wildman–Crippen LogP) is 4.82. The maximum absolute atomic E-state index is 13.0. The molecule has 0 bridgehead atoms. The van der Waals surface area contributed by atoms with Crippen molar-refractivity contribution in [2.75, 3.05) is 12.0 Å². The second kappa shape index (κ2) is 16.9. The van der Waals surface area contributed by atoms with Gasteiger partial charge in [0.25, 0.3) is 0 Å². The summed E-state index contributed by atoms with van der Waals surface area (Å²) in [5.74, 6) is 7.97. The van der Waals surface area contributed by atoms with Crippen molar-refractivity contribution in [1.82, 2.24) is 29.2 Å². The molecule has 2 atom stereocenters. The van der Waals surface area contributed by atoms with Gasteiger partial charge in [-0.05, 0) is 108 Å². The Labute approximate surface area is 274 Å². The predicted molar refractivity (Wildman–Crippen MR) is 189 cm³/mol. The first-order valence-electron chi connectivity index (χ1n) is 14.4. The van der Waals surface area contributed by atoms with Gasteiger partial charge in [0, 0.05) is 41.3 Å². The van der Waals surface area contributed by atoms with Gasteiger partial charge in [-0.15, -0.1) is 0 Å². The molecule has 2 heterocycles. The highest BCUT2D eigenvalue weighted by Gasteiger charge is 2.15. The largest absolute Gasteiger partial charge is 0.268 e. The van der Waals surface area contributed by atoms with E-state index in [1.807, 2.05) is 39.8 Å². The van der Waals surface area contributed by atoms with Crippen molar-refractivity contribution >= 4 is 41.0 Å². The lowest BCUT2D eigenvalue weighted by atomic mass is 10.1. The SMILES string of the molecule is C=S(=O)(NC(C)C)c1ccc(-n2cncn2)cc1.C=S(C)(=O)CC(C)C.CC(C)NS(=O)(=O)c1ccc(-c2ccnc(F)c2)cc1. The summed E-state index contributed by atoms with van der Waals surface area (Å²) in [6.45, 7) is 11.5. The molecule has 0 saturated heterocycles. The number of rotatable bonds is 10. The summed E-state index contributed by atoms with van der Waals surface area (Å²) in [6, 6.07) is 16.5. The highest BCUT2D eigenvalue weighted by atomic mass is 32.2. The summed E-state index contributed by atoms with van der Waals surface area (Å²) in [4.78, 5) is 8.23. The summed E-state index contributed by atoms with van der Waals surface area (Å²) in [5.41, 5.74) is 2.25. The van der Waals surface area contributed by atoms with Crippen molar-refractivity contribution in [3.05, 3.63) is 85.5 Å². The fourth-order valence-corrected chi connectivity index (χ4v) is 8.24. The summed E-state index contributed by atoms with van der Waals surface area (Å²) in [5, 5.41) is 4.03. The molecule has 0 amide bonds. The average molecular weight is 693 g/mol. The second-order valence-electron chi connectivity index (χ2n) is 11.7. The van der Waals surface area contributed by atoms with Crippen molar-refractivity contribution in [1.29, 1.82) is 0 Å². The van der Waals surface area contributed by atoms with Crippen LogP contribution in [0.15, 0.2) is 89.3 Å². The topological polar surface area (TPSA) is 136 Å². The molecule has 10 nitrogen and oxygen atoms in total. The molecule has 2 aromatic carbocycles. The summed E-state index contributed by atoms with van der Waals surface area (Å²) in [6.07, 6.45) is 6.16. The molecule has 0 spiro atoms. The van der Waals surface area contributed by atoms with Gasteiger partial charge in [0.05, 0.1) is 20.3 Å². The molecule has 2 N–H and O–H groups in total. The van der Waals surface area contributed by atoms with Crippen LogP contribution in [0.2, 0.25) is 0 Å². The Morgan fingerprint density at radius 3 is 1.80 bits per heavy atom. The number of benzene rings is 2. The van der Waals surface area contributed by atoms with Crippen LogP contribution in [-0.4, -0.2) is 72.4 Å². The molecule has 4 rings (SSSR count). The van der Waals surface area contributed by atoms with Gasteiger partial charge in [0.1, 0.15) is 12.7 Å². The van der Waals surface area contributed by atoms with E-state index in [9.17, 15) is 21.2 Å². The zero-order valence-electron chi connectivity index (χ0n) is 27.4. The Balaban J connectivity index is 0.000000262. The van der Waals surface area contributed by atoms with Gasteiger partial charge in [0.2, 0.25) is 16.0 Å². The van der Waals surface area contributed by atoms with Crippen LogP contribution >= 0.6 is 0 Å². The van der Waals surface area contributed by atoms with E-state index in [2.05, 4.69) is 36.3 Å². The molecule has 2 aromatic heterocycles. The first-order valence-corrected chi connectivity index (χ1v) is 19.9. The van der Waals surface area contributed by atoms with E-state index in [1.165, 1.54) is 30.7 Å². The van der Waals surface area contributed by atoms with E-state index in [0.717, 1.165) is 17.0 Å². The Morgan fingerprint density at radius 1 is 0.804 bits per heavy atom. The van der Waals surface area contributed by atoms with Crippen LogP contribution in [0.5, 0.6) is 0 Å². The molecule has 252 valence electrons. The van der Waals surface area contributed by atoms with Gasteiger partial charge >= 0.3 is 0 Å². The molecule has 0 aliphatic rings. The lowest BCUT2D eigenvalue weighted by Gasteiger charge is -2.14. The van der Waals surface area contributed by atoms with Crippen molar-refractivity contribution in [2.24, 2.45) is 5.92 Å². The molecular formula is C32H45FN6O4S3. The van der Waals surface area contributed by atoms with Crippen LogP contribution in [0.4, 0.5) is 4.39 Å². The zero-order valence-corrected chi connectivity index (χ0v) is 29.8. The molecule has 4 aromatic rings. The first-order chi connectivity index (χ1) is 21.3. The maximum atomic E-state index is 13.0. The van der Waals surface area contributed by atoms with E-state index in [1.54, 1.807) is 61.4 Å². The van der Waals surface area contributed by atoms with Crippen LogP contribution in [-0.2, 0) is 29.3 Å². The number of pyridine rings is 1. The number of sulfonamides is 1.